The SMILES string of the molecule is CCCCC/C=C\C/C=C\C/C=C\CCCCCCC(=O)OC[C@H](COP(=O)(O)O[C@H]1C(O)C(O)C(OP(=O)(O)O)[C@@H](OP(=O)(O)O)C1O)OC(=O)CCCCCCCCCCCCCCC. The Labute approximate surface area is 398 Å². The number of esters is 2. The third kappa shape index (κ3) is 33.6. The molecule has 1 saturated carbocycles. The lowest BCUT2D eigenvalue weighted by molar-refractivity contribution is -0.213. The van der Waals surface area contributed by atoms with Crippen LogP contribution in [0.1, 0.15) is 181 Å². The van der Waals surface area contributed by atoms with E-state index in [9.17, 15) is 63.1 Å². The van der Waals surface area contributed by atoms with E-state index in [1.165, 1.54) is 64.2 Å². The number of carbonyl (C=O) groups is 2. The van der Waals surface area contributed by atoms with Gasteiger partial charge in [-0.05, 0) is 51.4 Å². The summed E-state index contributed by atoms with van der Waals surface area (Å²) in [6.07, 6.45) is 21.6. The number of rotatable bonds is 41. The maximum atomic E-state index is 13.1. The van der Waals surface area contributed by atoms with Crippen molar-refractivity contribution in [1.29, 1.82) is 0 Å². The average Bonchev–Trinajstić information content (AvgIpc) is 3.25. The molecule has 19 nitrogen and oxygen atoms in total. The summed E-state index contributed by atoms with van der Waals surface area (Å²) in [6, 6.07) is 0. The second-order valence-electron chi connectivity index (χ2n) is 17.0. The van der Waals surface area contributed by atoms with Gasteiger partial charge in [-0.15, -0.1) is 0 Å². The molecule has 0 spiro atoms. The maximum Gasteiger partial charge on any atom is 0.472 e. The van der Waals surface area contributed by atoms with E-state index < -0.39 is 91.3 Å². The van der Waals surface area contributed by atoms with Crippen LogP contribution in [-0.2, 0) is 50.9 Å². The zero-order valence-corrected chi connectivity index (χ0v) is 42.4. The largest absolute Gasteiger partial charge is 0.472 e. The first-order valence-electron chi connectivity index (χ1n) is 24.3. The molecule has 67 heavy (non-hydrogen) atoms. The molecule has 0 aromatic carbocycles. The number of unbranched alkanes of at least 4 members (excludes halogenated alkanes) is 19. The van der Waals surface area contributed by atoms with Crippen LogP contribution in [0.2, 0.25) is 0 Å². The minimum absolute atomic E-state index is 0.00458. The molecule has 1 aliphatic carbocycles. The molecule has 5 unspecified atom stereocenters. The molecule has 8 N–H and O–H groups in total. The van der Waals surface area contributed by atoms with Gasteiger partial charge in [0, 0.05) is 12.8 Å². The molecule has 0 heterocycles. The van der Waals surface area contributed by atoms with Gasteiger partial charge in [-0.2, -0.15) is 0 Å². The number of phosphoric ester groups is 3. The molecule has 22 heteroatoms. The van der Waals surface area contributed by atoms with Crippen molar-refractivity contribution in [3.05, 3.63) is 36.5 Å². The summed E-state index contributed by atoms with van der Waals surface area (Å²) in [7, 11) is -16.6. The Morgan fingerprint density at radius 3 is 1.36 bits per heavy atom. The summed E-state index contributed by atoms with van der Waals surface area (Å²) in [5, 5.41) is 31.9. The molecule has 1 fully saturated rings. The third-order valence-electron chi connectivity index (χ3n) is 10.9. The van der Waals surface area contributed by atoms with Crippen LogP contribution in [-0.4, -0.2) is 108 Å². The molecule has 392 valence electrons. The molecule has 0 aromatic rings. The topological polar surface area (TPSA) is 303 Å². The van der Waals surface area contributed by atoms with Crippen LogP contribution < -0.4 is 0 Å². The summed E-state index contributed by atoms with van der Waals surface area (Å²) in [4.78, 5) is 73.2. The van der Waals surface area contributed by atoms with Gasteiger partial charge in [0.2, 0.25) is 0 Å². The zero-order chi connectivity index (χ0) is 50.0. The zero-order valence-electron chi connectivity index (χ0n) is 39.7. The second kappa shape index (κ2) is 37.2. The molecule has 0 radical (unpaired) electrons. The molecule has 1 rings (SSSR count). The van der Waals surface area contributed by atoms with Crippen molar-refractivity contribution in [2.45, 2.75) is 224 Å². The molecule has 8 atom stereocenters. The lowest BCUT2D eigenvalue weighted by Gasteiger charge is -2.44. The van der Waals surface area contributed by atoms with Gasteiger partial charge >= 0.3 is 35.4 Å². The first-order chi connectivity index (χ1) is 31.8. The number of allylic oxidation sites excluding steroid dienone is 6. The van der Waals surface area contributed by atoms with Gasteiger partial charge in [-0.25, -0.2) is 13.7 Å². The molecule has 0 aliphatic heterocycles. The van der Waals surface area contributed by atoms with Gasteiger partial charge in [-0.3, -0.25) is 27.7 Å². The smallest absolute Gasteiger partial charge is 0.462 e. The van der Waals surface area contributed by atoms with Gasteiger partial charge in [-0.1, -0.05) is 153 Å². The van der Waals surface area contributed by atoms with Crippen molar-refractivity contribution in [3.8, 4) is 0 Å². The minimum atomic E-state index is -5.60. The van der Waals surface area contributed by atoms with Gasteiger partial charge in [0.25, 0.3) is 0 Å². The number of phosphoric acid groups is 3. The summed E-state index contributed by atoms with van der Waals surface area (Å²) in [5.41, 5.74) is 0. The van der Waals surface area contributed by atoms with E-state index in [-0.39, 0.29) is 12.8 Å². The molecular formula is C45H83O19P3. The van der Waals surface area contributed by atoms with Gasteiger partial charge in [0.05, 0.1) is 6.61 Å². The lowest BCUT2D eigenvalue weighted by atomic mass is 9.85. The molecule has 0 amide bonds. The number of aliphatic hydroxyl groups excluding tert-OH is 3. The van der Waals surface area contributed by atoms with Crippen molar-refractivity contribution in [2.24, 2.45) is 0 Å². The van der Waals surface area contributed by atoms with Crippen molar-refractivity contribution in [1.82, 2.24) is 0 Å². The van der Waals surface area contributed by atoms with Crippen molar-refractivity contribution in [2.75, 3.05) is 13.2 Å². The fourth-order valence-electron chi connectivity index (χ4n) is 7.30. The maximum absolute atomic E-state index is 13.1. The highest BCUT2D eigenvalue weighted by Crippen LogP contribution is 2.51. The highest BCUT2D eigenvalue weighted by molar-refractivity contribution is 7.47. The minimum Gasteiger partial charge on any atom is -0.462 e. The Balaban J connectivity index is 2.73. The van der Waals surface area contributed by atoms with E-state index in [1.807, 2.05) is 0 Å². The van der Waals surface area contributed by atoms with Crippen molar-refractivity contribution < 1.29 is 90.6 Å². The second-order valence-corrected chi connectivity index (χ2v) is 20.8. The van der Waals surface area contributed by atoms with Crippen LogP contribution >= 0.6 is 23.5 Å². The Morgan fingerprint density at radius 2 is 0.866 bits per heavy atom. The van der Waals surface area contributed by atoms with Gasteiger partial charge in [0.15, 0.2) is 6.10 Å². The predicted octanol–water partition coefficient (Wildman–Crippen LogP) is 8.85. The van der Waals surface area contributed by atoms with Crippen LogP contribution in [0.15, 0.2) is 36.5 Å². The van der Waals surface area contributed by atoms with E-state index in [4.69, 9.17) is 18.5 Å². The number of carbonyl (C=O) groups excluding carboxylic acids is 2. The Bertz CT molecular complexity index is 1550. The summed E-state index contributed by atoms with van der Waals surface area (Å²) >= 11 is 0. The molecular weight excluding hydrogens is 937 g/mol. The van der Waals surface area contributed by atoms with Crippen LogP contribution in [0.3, 0.4) is 0 Å². The van der Waals surface area contributed by atoms with Crippen LogP contribution in [0, 0.1) is 0 Å². The van der Waals surface area contributed by atoms with Crippen LogP contribution in [0.4, 0.5) is 0 Å². The van der Waals surface area contributed by atoms with E-state index in [1.54, 1.807) is 0 Å². The molecule has 0 bridgehead atoms. The summed E-state index contributed by atoms with van der Waals surface area (Å²) < 4.78 is 65.5. The summed E-state index contributed by atoms with van der Waals surface area (Å²) in [6.45, 7) is 2.90. The molecule has 0 aromatic heterocycles. The highest BCUT2D eigenvalue weighted by atomic mass is 31.2. The summed E-state index contributed by atoms with van der Waals surface area (Å²) in [5.74, 6) is -1.32. The van der Waals surface area contributed by atoms with E-state index >= 15 is 0 Å². The monoisotopic (exact) mass is 1020 g/mol. The van der Waals surface area contributed by atoms with Crippen molar-refractivity contribution >= 4 is 35.4 Å². The van der Waals surface area contributed by atoms with Crippen LogP contribution in [0.25, 0.3) is 0 Å². The fourth-order valence-corrected chi connectivity index (χ4v) is 9.39. The highest BCUT2D eigenvalue weighted by Gasteiger charge is 2.56. The standard InChI is InChI=1S/C45H83O19P3/c1-3-5-7-9-11-13-15-17-18-19-20-22-23-25-27-29-31-33-38(46)59-35-37(61-39(47)34-32-30-28-26-24-21-16-14-12-10-8-6-4-2)36-60-67(57,58)64-43-40(48)41(49)44(62-65(51,52)53)45(42(43)50)63-66(54,55)56/h11,13,17-18,20,22,37,40-45,48-50H,3-10,12,14-16,19,21,23-36H2,1-2H3,(H,57,58)(H2,51,52,53)(H2,54,55,56)/b13-11-,18-17-,22-20-/t37-,40?,41?,42?,43+,44?,45+/m1/s1. The first kappa shape index (κ1) is 63.4. The Hall–Kier alpha value is -1.63. The number of aliphatic hydroxyl groups is 3. The number of hydrogen-bond acceptors (Lipinski definition) is 14. The third-order valence-corrected chi connectivity index (χ3v) is 13.0. The average molecular weight is 1020 g/mol. The van der Waals surface area contributed by atoms with E-state index in [2.05, 4.69) is 59.4 Å². The lowest BCUT2D eigenvalue weighted by Crippen LogP contribution is -2.65. The fraction of sp³-hybridized carbons (Fsp3) is 0.822. The number of hydrogen-bond donors (Lipinski definition) is 8. The molecule has 0 saturated heterocycles. The first-order valence-corrected chi connectivity index (χ1v) is 28.8. The quantitative estimate of drug-likeness (QED) is 0.0123. The predicted molar refractivity (Wildman–Crippen MR) is 252 cm³/mol. The van der Waals surface area contributed by atoms with E-state index in [0.717, 1.165) is 77.0 Å². The van der Waals surface area contributed by atoms with E-state index in [0.29, 0.717) is 12.8 Å². The van der Waals surface area contributed by atoms with Crippen LogP contribution in [0.5, 0.6) is 0 Å². The van der Waals surface area contributed by atoms with Gasteiger partial charge < -0.3 is 49.3 Å². The Morgan fingerprint density at radius 1 is 0.478 bits per heavy atom. The normalized spacial score (nSPS) is 21.9. The van der Waals surface area contributed by atoms with Gasteiger partial charge in [0.1, 0.15) is 43.2 Å². The number of ether oxygens (including phenoxy) is 2. The Kier molecular flexibility index (Phi) is 35.2. The van der Waals surface area contributed by atoms with Crippen molar-refractivity contribution in [3.63, 3.8) is 0 Å². The molecule has 1 aliphatic rings.